The molecular formula is C8H11BFN. The first-order valence-electron chi connectivity index (χ1n) is 3.90. The lowest BCUT2D eigenvalue weighted by atomic mass is 9.93. The van der Waals surface area contributed by atoms with Crippen molar-refractivity contribution < 1.29 is 4.39 Å². The molecule has 0 aromatic carbocycles. The zero-order valence-corrected chi connectivity index (χ0v) is 6.89. The van der Waals surface area contributed by atoms with E-state index in [0.717, 1.165) is 23.9 Å². The number of hydrogen-bond donors (Lipinski definition) is 0. The lowest BCUT2D eigenvalue weighted by molar-refractivity contribution is 0.607. The van der Waals surface area contributed by atoms with Gasteiger partial charge in [-0.05, 0) is 17.5 Å². The van der Waals surface area contributed by atoms with E-state index in [9.17, 15) is 4.39 Å². The summed E-state index contributed by atoms with van der Waals surface area (Å²) in [5.41, 5.74) is 1.83. The van der Waals surface area contributed by atoms with Gasteiger partial charge in [0.05, 0.1) is 6.20 Å². The van der Waals surface area contributed by atoms with Crippen LogP contribution in [0.25, 0.3) is 0 Å². The zero-order valence-electron chi connectivity index (χ0n) is 6.89. The second-order valence-corrected chi connectivity index (χ2v) is 2.47. The summed E-state index contributed by atoms with van der Waals surface area (Å²) in [5.74, 6) is -0.174. The maximum absolute atomic E-state index is 13.0. The minimum atomic E-state index is -0.174. The average Bonchev–Trinajstić information content (AvgIpc) is 2.04. The van der Waals surface area contributed by atoms with Crippen molar-refractivity contribution in [2.24, 2.45) is 0 Å². The Morgan fingerprint density at radius 2 is 2.27 bits per heavy atom. The maximum atomic E-state index is 13.0. The Hall–Kier alpha value is -0.855. The van der Waals surface area contributed by atoms with Gasteiger partial charge in [0.15, 0.2) is 0 Å². The molecule has 58 valence electrons. The molecule has 0 aliphatic carbocycles. The minimum Gasteiger partial charge on any atom is -0.261 e. The summed E-state index contributed by atoms with van der Waals surface area (Å²) in [6.45, 7) is 2.01. The summed E-state index contributed by atoms with van der Waals surface area (Å²) < 4.78 is 13.0. The van der Waals surface area contributed by atoms with Crippen LogP contribution in [-0.2, 0) is 12.7 Å². The standard InChI is InChI=1S/C8H11BFN/c1-2-6-4-11-5-8(10)7(6)3-9/h4-5H,2-3,9H2,1H3. The first-order chi connectivity index (χ1) is 5.29. The second-order valence-electron chi connectivity index (χ2n) is 2.47. The summed E-state index contributed by atoms with van der Waals surface area (Å²) in [4.78, 5) is 3.79. The van der Waals surface area contributed by atoms with Crippen LogP contribution in [-0.4, -0.2) is 12.8 Å². The van der Waals surface area contributed by atoms with Gasteiger partial charge in [-0.2, -0.15) is 0 Å². The van der Waals surface area contributed by atoms with Gasteiger partial charge >= 0.3 is 0 Å². The molecule has 1 heterocycles. The summed E-state index contributed by atoms with van der Waals surface area (Å²) >= 11 is 0. The molecule has 0 N–H and O–H groups in total. The fraction of sp³-hybridized carbons (Fsp3) is 0.375. The van der Waals surface area contributed by atoms with Gasteiger partial charge in [0.25, 0.3) is 0 Å². The topological polar surface area (TPSA) is 12.9 Å². The number of nitrogens with zero attached hydrogens (tertiary/aromatic N) is 1. The Kier molecular flexibility index (Phi) is 2.63. The van der Waals surface area contributed by atoms with E-state index in [1.165, 1.54) is 6.20 Å². The number of pyridine rings is 1. The van der Waals surface area contributed by atoms with Crippen LogP contribution in [0.15, 0.2) is 12.4 Å². The predicted molar refractivity (Wildman–Crippen MR) is 45.8 cm³/mol. The molecule has 1 aromatic heterocycles. The van der Waals surface area contributed by atoms with E-state index in [1.54, 1.807) is 6.20 Å². The molecular weight excluding hydrogens is 140 g/mol. The molecule has 1 aromatic rings. The molecule has 0 saturated carbocycles. The zero-order chi connectivity index (χ0) is 8.27. The number of halogens is 1. The van der Waals surface area contributed by atoms with E-state index in [1.807, 2.05) is 14.8 Å². The molecule has 0 radical (unpaired) electrons. The fourth-order valence-corrected chi connectivity index (χ4v) is 1.20. The van der Waals surface area contributed by atoms with Crippen LogP contribution in [0, 0.1) is 5.82 Å². The number of hydrogen-bond acceptors (Lipinski definition) is 1. The Bertz CT molecular complexity index is 250. The second kappa shape index (κ2) is 3.51. The van der Waals surface area contributed by atoms with Gasteiger partial charge < -0.3 is 0 Å². The third kappa shape index (κ3) is 1.59. The average molecular weight is 151 g/mol. The molecule has 0 aliphatic heterocycles. The van der Waals surface area contributed by atoms with Crippen molar-refractivity contribution in [2.45, 2.75) is 19.7 Å². The SMILES string of the molecule is BCc1c(F)cncc1CC. The van der Waals surface area contributed by atoms with Crippen molar-refractivity contribution in [2.75, 3.05) is 0 Å². The van der Waals surface area contributed by atoms with Gasteiger partial charge in [-0.1, -0.05) is 13.2 Å². The molecule has 0 amide bonds. The monoisotopic (exact) mass is 151 g/mol. The highest BCUT2D eigenvalue weighted by Gasteiger charge is 2.03. The molecule has 1 nitrogen and oxygen atoms in total. The molecule has 0 bridgehead atoms. The summed E-state index contributed by atoms with van der Waals surface area (Å²) in [6.07, 6.45) is 4.62. The van der Waals surface area contributed by atoms with Crippen molar-refractivity contribution in [3.05, 3.63) is 29.3 Å². The van der Waals surface area contributed by atoms with Crippen molar-refractivity contribution >= 4 is 7.85 Å². The highest BCUT2D eigenvalue weighted by Crippen LogP contribution is 2.11. The van der Waals surface area contributed by atoms with Crippen LogP contribution in [0.5, 0.6) is 0 Å². The van der Waals surface area contributed by atoms with Crippen molar-refractivity contribution in [1.29, 1.82) is 0 Å². The van der Waals surface area contributed by atoms with Crippen LogP contribution in [0.4, 0.5) is 4.39 Å². The van der Waals surface area contributed by atoms with Gasteiger partial charge in [-0.25, -0.2) is 4.39 Å². The van der Waals surface area contributed by atoms with Gasteiger partial charge in [-0.3, -0.25) is 4.98 Å². The smallest absolute Gasteiger partial charge is 0.144 e. The molecule has 3 heteroatoms. The first-order valence-corrected chi connectivity index (χ1v) is 3.90. The van der Waals surface area contributed by atoms with Crippen molar-refractivity contribution in [3.8, 4) is 0 Å². The Morgan fingerprint density at radius 3 is 2.73 bits per heavy atom. The van der Waals surface area contributed by atoms with Crippen molar-refractivity contribution in [3.63, 3.8) is 0 Å². The largest absolute Gasteiger partial charge is 0.261 e. The molecule has 0 aliphatic rings. The molecule has 0 saturated heterocycles. The van der Waals surface area contributed by atoms with E-state index in [0.29, 0.717) is 0 Å². The van der Waals surface area contributed by atoms with E-state index in [-0.39, 0.29) is 5.82 Å². The van der Waals surface area contributed by atoms with E-state index in [2.05, 4.69) is 4.98 Å². The van der Waals surface area contributed by atoms with Crippen LogP contribution in [0.3, 0.4) is 0 Å². The van der Waals surface area contributed by atoms with E-state index in [4.69, 9.17) is 0 Å². The number of aromatic nitrogens is 1. The third-order valence-corrected chi connectivity index (χ3v) is 1.83. The molecule has 11 heavy (non-hydrogen) atoms. The Labute approximate surface area is 67.1 Å². The lowest BCUT2D eigenvalue weighted by Crippen LogP contribution is -1.98. The van der Waals surface area contributed by atoms with E-state index >= 15 is 0 Å². The van der Waals surface area contributed by atoms with Gasteiger partial charge in [0.1, 0.15) is 13.7 Å². The molecule has 1 rings (SSSR count). The van der Waals surface area contributed by atoms with Gasteiger partial charge in [0.2, 0.25) is 0 Å². The quantitative estimate of drug-likeness (QED) is 0.572. The molecule has 0 spiro atoms. The van der Waals surface area contributed by atoms with Crippen LogP contribution < -0.4 is 0 Å². The van der Waals surface area contributed by atoms with Crippen LogP contribution in [0.1, 0.15) is 18.1 Å². The van der Waals surface area contributed by atoms with Crippen LogP contribution in [0.2, 0.25) is 0 Å². The summed E-state index contributed by atoms with van der Waals surface area (Å²) in [6, 6.07) is 0. The highest BCUT2D eigenvalue weighted by atomic mass is 19.1. The lowest BCUT2D eigenvalue weighted by Gasteiger charge is -2.04. The molecule has 0 atom stereocenters. The van der Waals surface area contributed by atoms with Gasteiger partial charge in [-0.15, -0.1) is 0 Å². The highest BCUT2D eigenvalue weighted by molar-refractivity contribution is 6.08. The van der Waals surface area contributed by atoms with Gasteiger partial charge in [0, 0.05) is 6.20 Å². The number of aryl methyl sites for hydroxylation is 1. The van der Waals surface area contributed by atoms with E-state index < -0.39 is 0 Å². The first kappa shape index (κ1) is 8.24. The number of rotatable bonds is 2. The third-order valence-electron chi connectivity index (χ3n) is 1.83. The molecule has 0 unspecified atom stereocenters. The summed E-state index contributed by atoms with van der Waals surface area (Å²) in [7, 11) is 1.96. The molecule has 0 fully saturated rings. The van der Waals surface area contributed by atoms with Crippen molar-refractivity contribution in [1.82, 2.24) is 4.98 Å². The summed E-state index contributed by atoms with van der Waals surface area (Å²) in [5, 5.41) is 0. The fourth-order valence-electron chi connectivity index (χ4n) is 1.20. The normalized spacial score (nSPS) is 10.0. The predicted octanol–water partition coefficient (Wildman–Crippen LogP) is 0.916. The maximum Gasteiger partial charge on any atom is 0.144 e. The van der Waals surface area contributed by atoms with Crippen LogP contribution >= 0.6 is 0 Å². The Balaban J connectivity index is 3.13. The Morgan fingerprint density at radius 1 is 1.55 bits per heavy atom. The minimum absolute atomic E-state index is 0.174.